The van der Waals surface area contributed by atoms with Gasteiger partial charge < -0.3 is 13.3 Å². The predicted molar refractivity (Wildman–Crippen MR) is 144 cm³/mol. The van der Waals surface area contributed by atoms with Crippen LogP contribution in [-0.2, 0) is 13.3 Å². The van der Waals surface area contributed by atoms with Crippen molar-refractivity contribution in [3.63, 3.8) is 0 Å². The van der Waals surface area contributed by atoms with Gasteiger partial charge in [-0.2, -0.15) is 0 Å². The maximum atomic E-state index is 6.25. The zero-order valence-corrected chi connectivity index (χ0v) is 22.1. The van der Waals surface area contributed by atoms with E-state index in [1.807, 2.05) is 26.8 Å². The Morgan fingerprint density at radius 3 is 1.42 bits per heavy atom. The average molecular weight is 477 g/mol. The summed E-state index contributed by atoms with van der Waals surface area (Å²) in [5, 5.41) is 4.14. The largest absolute Gasteiger partial charge is 0.500 e. The lowest BCUT2D eigenvalue weighted by atomic mass is 10.2. The molecule has 0 amide bonds. The number of rotatable bonds is 13. The lowest BCUT2D eigenvalue weighted by molar-refractivity contribution is 0.0725. The van der Waals surface area contributed by atoms with Crippen molar-refractivity contribution in [2.24, 2.45) is 0 Å². The van der Waals surface area contributed by atoms with Gasteiger partial charge in [-0.1, -0.05) is 97.6 Å². The third-order valence-corrected chi connectivity index (χ3v) is 14.6. The van der Waals surface area contributed by atoms with Gasteiger partial charge in [0.1, 0.15) is 8.07 Å². The van der Waals surface area contributed by atoms with Crippen LogP contribution in [0.4, 0.5) is 0 Å². The second-order valence-corrected chi connectivity index (χ2v) is 14.7. The van der Waals surface area contributed by atoms with E-state index in [0.717, 1.165) is 17.7 Å². The van der Waals surface area contributed by atoms with Crippen LogP contribution in [-0.4, -0.2) is 36.7 Å². The highest BCUT2D eigenvalue weighted by Gasteiger charge is 2.46. The van der Waals surface area contributed by atoms with Gasteiger partial charge in [-0.3, -0.25) is 0 Å². The van der Waals surface area contributed by atoms with E-state index in [1.54, 1.807) is 0 Å². The van der Waals surface area contributed by atoms with Crippen LogP contribution in [0.2, 0.25) is 12.1 Å². The first-order valence-electron chi connectivity index (χ1n) is 11.9. The van der Waals surface area contributed by atoms with Crippen LogP contribution in [0.1, 0.15) is 26.3 Å². The third kappa shape index (κ3) is 5.80. The van der Waals surface area contributed by atoms with E-state index < -0.39 is 16.9 Å². The van der Waals surface area contributed by atoms with Crippen LogP contribution in [0.15, 0.2) is 91.5 Å². The standard InChI is InChI=1S/C28H36O3Si2/c1-5-25-19-21-28(22-20-25)32(26-15-11-9-12-16-26,27-17-13-10-14-18-27)23-24-33(29-6-2,30-7-3)31-8-4/h5,9-22H,1,6-8,23-24H2,2-4H3. The number of hydrogen-bond donors (Lipinski definition) is 0. The van der Waals surface area contributed by atoms with Crippen LogP contribution >= 0.6 is 0 Å². The molecule has 0 atom stereocenters. The van der Waals surface area contributed by atoms with Crippen LogP contribution in [0.25, 0.3) is 6.08 Å². The van der Waals surface area contributed by atoms with Crippen molar-refractivity contribution in [1.82, 2.24) is 0 Å². The Morgan fingerprint density at radius 2 is 1.03 bits per heavy atom. The topological polar surface area (TPSA) is 27.7 Å². The SMILES string of the molecule is C=Cc1ccc([Si](CC[Si](OCC)(OCC)OCC)(c2ccccc2)c2ccccc2)cc1. The van der Waals surface area contributed by atoms with Gasteiger partial charge in [0.2, 0.25) is 0 Å². The normalized spacial score (nSPS) is 12.0. The van der Waals surface area contributed by atoms with Crippen LogP contribution in [0.3, 0.4) is 0 Å². The van der Waals surface area contributed by atoms with Crippen molar-refractivity contribution in [2.45, 2.75) is 32.9 Å². The van der Waals surface area contributed by atoms with Gasteiger partial charge in [0, 0.05) is 25.9 Å². The molecule has 0 heterocycles. The molecular weight excluding hydrogens is 440 g/mol. The molecule has 0 spiro atoms. The fraction of sp³-hybridized carbons (Fsp3) is 0.286. The maximum Gasteiger partial charge on any atom is 0.500 e. The molecule has 0 fully saturated rings. The molecule has 0 saturated heterocycles. The smallest absolute Gasteiger partial charge is 0.374 e. The first-order chi connectivity index (χ1) is 16.1. The van der Waals surface area contributed by atoms with E-state index in [4.69, 9.17) is 13.3 Å². The molecule has 3 rings (SSSR count). The molecule has 3 nitrogen and oxygen atoms in total. The highest BCUT2D eigenvalue weighted by molar-refractivity contribution is 7.11. The van der Waals surface area contributed by atoms with E-state index in [0.29, 0.717) is 19.8 Å². The lowest BCUT2D eigenvalue weighted by Gasteiger charge is -2.37. The van der Waals surface area contributed by atoms with Gasteiger partial charge in [0.25, 0.3) is 0 Å². The zero-order valence-electron chi connectivity index (χ0n) is 20.1. The predicted octanol–water partition coefficient (Wildman–Crippen LogP) is 4.85. The van der Waals surface area contributed by atoms with Crippen molar-refractivity contribution in [3.8, 4) is 0 Å². The van der Waals surface area contributed by atoms with Crippen molar-refractivity contribution in [1.29, 1.82) is 0 Å². The molecule has 174 valence electrons. The maximum absolute atomic E-state index is 6.25. The summed E-state index contributed by atoms with van der Waals surface area (Å²) in [5.41, 5.74) is 1.13. The van der Waals surface area contributed by atoms with Crippen molar-refractivity contribution in [2.75, 3.05) is 19.8 Å². The molecule has 5 heteroatoms. The molecule has 3 aromatic rings. The molecule has 33 heavy (non-hydrogen) atoms. The Hall–Kier alpha value is -2.29. The van der Waals surface area contributed by atoms with Gasteiger partial charge >= 0.3 is 8.80 Å². The van der Waals surface area contributed by atoms with Crippen LogP contribution < -0.4 is 15.6 Å². The van der Waals surface area contributed by atoms with E-state index >= 15 is 0 Å². The van der Waals surface area contributed by atoms with E-state index in [-0.39, 0.29) is 0 Å². The molecule has 0 radical (unpaired) electrons. The average Bonchev–Trinajstić information content (AvgIpc) is 2.87. The number of benzene rings is 3. The molecule has 0 unspecified atom stereocenters. The van der Waals surface area contributed by atoms with Gasteiger partial charge in [0.15, 0.2) is 0 Å². The van der Waals surface area contributed by atoms with Gasteiger partial charge in [-0.05, 0) is 47.9 Å². The summed E-state index contributed by atoms with van der Waals surface area (Å²) in [6.07, 6.45) is 1.90. The van der Waals surface area contributed by atoms with Crippen molar-refractivity contribution < 1.29 is 13.3 Å². The first kappa shape index (κ1) is 25.3. The molecule has 0 saturated carbocycles. The fourth-order valence-corrected chi connectivity index (χ4v) is 13.5. The third-order valence-electron chi connectivity index (χ3n) is 6.07. The monoisotopic (exact) mass is 476 g/mol. The van der Waals surface area contributed by atoms with Gasteiger partial charge in [-0.25, -0.2) is 0 Å². The Morgan fingerprint density at radius 1 is 0.606 bits per heavy atom. The van der Waals surface area contributed by atoms with Crippen molar-refractivity contribution in [3.05, 3.63) is 97.1 Å². The van der Waals surface area contributed by atoms with Crippen LogP contribution in [0.5, 0.6) is 0 Å². The first-order valence-corrected chi connectivity index (χ1v) is 16.0. The highest BCUT2D eigenvalue weighted by atomic mass is 28.4. The Balaban J connectivity index is 2.19. The number of hydrogen-bond acceptors (Lipinski definition) is 3. The van der Waals surface area contributed by atoms with Gasteiger partial charge in [-0.15, -0.1) is 0 Å². The van der Waals surface area contributed by atoms with E-state index in [2.05, 4.69) is 91.5 Å². The molecule has 0 aliphatic rings. The summed E-state index contributed by atoms with van der Waals surface area (Å²) < 4.78 is 18.8. The summed E-state index contributed by atoms with van der Waals surface area (Å²) >= 11 is 0. The Bertz CT molecular complexity index is 919. The minimum atomic E-state index is -2.80. The fourth-order valence-electron chi connectivity index (χ4n) is 4.62. The Labute approximate surface area is 201 Å². The second-order valence-electron chi connectivity index (χ2n) is 7.95. The lowest BCUT2D eigenvalue weighted by Crippen LogP contribution is -2.67. The quantitative estimate of drug-likeness (QED) is 0.261. The molecule has 0 aromatic heterocycles. The molecule has 3 aromatic carbocycles. The molecular formula is C28H36O3Si2. The Kier molecular flexibility index (Phi) is 9.41. The minimum Gasteiger partial charge on any atom is -0.374 e. The van der Waals surface area contributed by atoms with Crippen molar-refractivity contribution >= 4 is 38.5 Å². The minimum absolute atomic E-state index is 0.589. The summed E-state index contributed by atoms with van der Waals surface area (Å²) in [5.74, 6) is 0. The molecule has 0 aliphatic heterocycles. The zero-order chi connectivity index (χ0) is 23.6. The highest BCUT2D eigenvalue weighted by Crippen LogP contribution is 2.25. The molecule has 0 N–H and O–H groups in total. The molecule has 0 aliphatic carbocycles. The summed E-state index contributed by atoms with van der Waals surface area (Å²) in [4.78, 5) is 0. The van der Waals surface area contributed by atoms with Crippen LogP contribution in [0, 0.1) is 0 Å². The summed E-state index contributed by atoms with van der Waals surface area (Å²) in [6, 6.07) is 32.6. The van der Waals surface area contributed by atoms with E-state index in [9.17, 15) is 0 Å². The summed E-state index contributed by atoms with van der Waals surface area (Å²) in [7, 11) is -5.20. The second kappa shape index (κ2) is 12.3. The molecule has 0 bridgehead atoms. The van der Waals surface area contributed by atoms with E-state index in [1.165, 1.54) is 15.6 Å². The summed E-state index contributed by atoms with van der Waals surface area (Å²) in [6.45, 7) is 11.8. The van der Waals surface area contributed by atoms with Gasteiger partial charge in [0.05, 0.1) is 0 Å².